The van der Waals surface area contributed by atoms with E-state index in [1.807, 2.05) is 18.2 Å². The molecule has 112 valence electrons. The number of hydrogen-bond donors (Lipinski definition) is 1. The lowest BCUT2D eigenvalue weighted by Crippen LogP contribution is -2.32. The average Bonchev–Trinajstić information content (AvgIpc) is 2.84. The summed E-state index contributed by atoms with van der Waals surface area (Å²) in [6, 6.07) is 9.17. The molecular formula is C16H15N3O3. The van der Waals surface area contributed by atoms with Gasteiger partial charge in [0.15, 0.2) is 0 Å². The topological polar surface area (TPSA) is 79.4 Å². The van der Waals surface area contributed by atoms with Gasteiger partial charge in [-0.2, -0.15) is 0 Å². The van der Waals surface area contributed by atoms with E-state index in [2.05, 4.69) is 10.3 Å². The zero-order valence-electron chi connectivity index (χ0n) is 11.9. The zero-order valence-corrected chi connectivity index (χ0v) is 11.9. The van der Waals surface area contributed by atoms with Gasteiger partial charge in [-0.15, -0.1) is 0 Å². The minimum Gasteiger partial charge on any atom is -0.325 e. The van der Waals surface area contributed by atoms with Crippen LogP contribution in [0.5, 0.6) is 0 Å². The van der Waals surface area contributed by atoms with E-state index in [1.54, 1.807) is 18.3 Å². The molecule has 22 heavy (non-hydrogen) atoms. The third kappa shape index (κ3) is 2.81. The number of nitrogens with one attached hydrogen (secondary N) is 1. The molecule has 2 heterocycles. The van der Waals surface area contributed by atoms with Gasteiger partial charge in [0.25, 0.3) is 0 Å². The van der Waals surface area contributed by atoms with Gasteiger partial charge < -0.3 is 5.32 Å². The summed E-state index contributed by atoms with van der Waals surface area (Å²) in [7, 11) is 0. The van der Waals surface area contributed by atoms with Crippen LogP contribution in [-0.2, 0) is 14.4 Å². The van der Waals surface area contributed by atoms with Gasteiger partial charge in [0.05, 0.1) is 11.2 Å². The first kappa shape index (κ1) is 14.2. The third-order valence-electron chi connectivity index (χ3n) is 3.64. The Hall–Kier alpha value is -2.76. The van der Waals surface area contributed by atoms with Gasteiger partial charge in [0.2, 0.25) is 17.7 Å². The number of carbonyl (C=O) groups excluding carboxylic acids is 3. The van der Waals surface area contributed by atoms with Gasteiger partial charge in [0, 0.05) is 37.4 Å². The van der Waals surface area contributed by atoms with Crippen molar-refractivity contribution in [2.45, 2.75) is 19.3 Å². The van der Waals surface area contributed by atoms with Crippen LogP contribution >= 0.6 is 0 Å². The summed E-state index contributed by atoms with van der Waals surface area (Å²) in [5.74, 6) is -0.636. The van der Waals surface area contributed by atoms with Crippen molar-refractivity contribution in [1.29, 1.82) is 0 Å². The molecule has 1 aliphatic heterocycles. The normalized spacial score (nSPS) is 14.6. The number of carbonyl (C=O) groups is 3. The molecule has 0 unspecified atom stereocenters. The number of amides is 3. The highest BCUT2D eigenvalue weighted by molar-refractivity contribution is 6.03. The van der Waals surface area contributed by atoms with E-state index in [1.165, 1.54) is 0 Å². The summed E-state index contributed by atoms with van der Waals surface area (Å²) >= 11 is 0. The molecule has 0 spiro atoms. The van der Waals surface area contributed by atoms with Crippen molar-refractivity contribution in [3.63, 3.8) is 0 Å². The number of nitrogens with zero attached hydrogens (tertiary/aromatic N) is 2. The Kier molecular flexibility index (Phi) is 3.82. The monoisotopic (exact) mass is 297 g/mol. The van der Waals surface area contributed by atoms with Crippen LogP contribution in [0, 0.1) is 0 Å². The Labute approximate surface area is 127 Å². The minimum absolute atomic E-state index is 0.0914. The first-order valence-corrected chi connectivity index (χ1v) is 7.12. The number of benzene rings is 1. The summed E-state index contributed by atoms with van der Waals surface area (Å²) in [6.45, 7) is 0.131. The zero-order chi connectivity index (χ0) is 15.5. The largest absolute Gasteiger partial charge is 0.325 e. The van der Waals surface area contributed by atoms with E-state index in [0.29, 0.717) is 5.69 Å². The molecule has 6 heteroatoms. The fourth-order valence-corrected chi connectivity index (χ4v) is 2.51. The Morgan fingerprint density at radius 2 is 1.91 bits per heavy atom. The number of aromatic nitrogens is 1. The van der Waals surface area contributed by atoms with Crippen molar-refractivity contribution in [3.05, 3.63) is 36.5 Å². The summed E-state index contributed by atoms with van der Waals surface area (Å²) < 4.78 is 0. The average molecular weight is 297 g/mol. The van der Waals surface area contributed by atoms with Gasteiger partial charge in [-0.25, -0.2) is 0 Å². The number of rotatable bonds is 4. The number of likely N-dealkylation sites (tertiary alicyclic amines) is 1. The Balaban J connectivity index is 1.66. The van der Waals surface area contributed by atoms with Crippen LogP contribution in [0.1, 0.15) is 19.3 Å². The Morgan fingerprint density at radius 3 is 2.68 bits per heavy atom. The molecule has 3 amide bonds. The molecule has 1 saturated heterocycles. The van der Waals surface area contributed by atoms with Gasteiger partial charge in [-0.3, -0.25) is 24.3 Å². The first-order valence-electron chi connectivity index (χ1n) is 7.12. The van der Waals surface area contributed by atoms with Crippen molar-refractivity contribution in [2.75, 3.05) is 11.9 Å². The van der Waals surface area contributed by atoms with Crippen LogP contribution in [0.15, 0.2) is 36.5 Å². The van der Waals surface area contributed by atoms with E-state index in [4.69, 9.17) is 0 Å². The number of pyridine rings is 1. The molecule has 1 aliphatic rings. The van der Waals surface area contributed by atoms with Crippen LogP contribution in [0.4, 0.5) is 5.69 Å². The van der Waals surface area contributed by atoms with E-state index in [0.717, 1.165) is 15.8 Å². The molecule has 0 aliphatic carbocycles. The van der Waals surface area contributed by atoms with Gasteiger partial charge in [-0.1, -0.05) is 6.07 Å². The van der Waals surface area contributed by atoms with Crippen molar-refractivity contribution in [2.24, 2.45) is 0 Å². The lowest BCUT2D eigenvalue weighted by atomic mass is 10.2. The molecule has 6 nitrogen and oxygen atoms in total. The molecule has 3 rings (SSSR count). The maximum absolute atomic E-state index is 12.0. The van der Waals surface area contributed by atoms with Crippen molar-refractivity contribution >= 4 is 34.3 Å². The summed E-state index contributed by atoms with van der Waals surface area (Å²) in [5.41, 5.74) is 1.47. The van der Waals surface area contributed by atoms with Gasteiger partial charge in [0.1, 0.15) is 0 Å². The lowest BCUT2D eigenvalue weighted by molar-refractivity contribution is -0.138. The SMILES string of the molecule is O=C(CCN1C(=O)CCC1=O)Nc1cccc2ncccc12. The van der Waals surface area contributed by atoms with Crippen LogP contribution in [0.3, 0.4) is 0 Å². The molecule has 1 aromatic carbocycles. The molecule has 0 radical (unpaired) electrons. The molecule has 1 N–H and O–H groups in total. The molecular weight excluding hydrogens is 282 g/mol. The predicted octanol–water partition coefficient (Wildman–Crippen LogP) is 1.71. The number of hydrogen-bond acceptors (Lipinski definition) is 4. The maximum Gasteiger partial charge on any atom is 0.229 e. The first-order chi connectivity index (χ1) is 10.6. The Bertz CT molecular complexity index is 736. The molecule has 0 atom stereocenters. The van der Waals surface area contributed by atoms with Crippen molar-refractivity contribution in [1.82, 2.24) is 9.88 Å². The van der Waals surface area contributed by atoms with Crippen LogP contribution < -0.4 is 5.32 Å². The minimum atomic E-state index is -0.233. The molecule has 0 bridgehead atoms. The molecule has 1 aromatic heterocycles. The number of fused-ring (bicyclic) bond motifs is 1. The number of anilines is 1. The van der Waals surface area contributed by atoms with Gasteiger partial charge >= 0.3 is 0 Å². The second-order valence-electron chi connectivity index (χ2n) is 5.11. The third-order valence-corrected chi connectivity index (χ3v) is 3.64. The summed E-state index contributed by atoms with van der Waals surface area (Å²) in [5, 5.41) is 3.66. The second-order valence-corrected chi connectivity index (χ2v) is 5.11. The highest BCUT2D eigenvalue weighted by Crippen LogP contribution is 2.21. The van der Waals surface area contributed by atoms with E-state index in [9.17, 15) is 14.4 Å². The molecule has 0 saturated carbocycles. The summed E-state index contributed by atoms with van der Waals surface area (Å²) in [4.78, 5) is 40.4. The van der Waals surface area contributed by atoms with Crippen molar-refractivity contribution in [3.8, 4) is 0 Å². The highest BCUT2D eigenvalue weighted by atomic mass is 16.2. The van der Waals surface area contributed by atoms with E-state index < -0.39 is 0 Å². The van der Waals surface area contributed by atoms with Crippen LogP contribution in [-0.4, -0.2) is 34.2 Å². The standard InChI is InChI=1S/C16H15N3O3/c20-14(8-10-19-15(21)6-7-16(19)22)18-13-5-1-4-12-11(13)3-2-9-17-12/h1-5,9H,6-8,10H2,(H,18,20). The molecule has 1 fully saturated rings. The lowest BCUT2D eigenvalue weighted by Gasteiger charge is -2.13. The fourth-order valence-electron chi connectivity index (χ4n) is 2.51. The van der Waals surface area contributed by atoms with Crippen molar-refractivity contribution < 1.29 is 14.4 Å². The van der Waals surface area contributed by atoms with E-state index >= 15 is 0 Å². The number of imide groups is 1. The predicted molar refractivity (Wildman–Crippen MR) is 80.9 cm³/mol. The summed E-state index contributed by atoms with van der Waals surface area (Å²) in [6.07, 6.45) is 2.28. The fraction of sp³-hybridized carbons (Fsp3) is 0.250. The quantitative estimate of drug-likeness (QED) is 0.871. The maximum atomic E-state index is 12.0. The van der Waals surface area contributed by atoms with Crippen LogP contribution in [0.2, 0.25) is 0 Å². The van der Waals surface area contributed by atoms with E-state index in [-0.39, 0.29) is 43.5 Å². The molecule has 2 aromatic rings. The van der Waals surface area contributed by atoms with Crippen LogP contribution in [0.25, 0.3) is 10.9 Å². The Morgan fingerprint density at radius 1 is 1.14 bits per heavy atom. The van der Waals surface area contributed by atoms with Gasteiger partial charge in [-0.05, 0) is 24.3 Å². The highest BCUT2D eigenvalue weighted by Gasteiger charge is 2.28. The smallest absolute Gasteiger partial charge is 0.229 e. The second kappa shape index (κ2) is 5.93.